The lowest BCUT2D eigenvalue weighted by Gasteiger charge is -2.09. The van der Waals surface area contributed by atoms with Gasteiger partial charge in [0, 0.05) is 27.8 Å². The van der Waals surface area contributed by atoms with E-state index in [0.29, 0.717) is 16.5 Å². The summed E-state index contributed by atoms with van der Waals surface area (Å²) in [7, 11) is 1.62. The van der Waals surface area contributed by atoms with Crippen LogP contribution in [0.25, 0.3) is 0 Å². The molecule has 2 N–H and O–H groups in total. The lowest BCUT2D eigenvalue weighted by Crippen LogP contribution is -2.32. The molecule has 3 rings (SSSR count). The maximum atomic E-state index is 12.0. The van der Waals surface area contributed by atoms with Gasteiger partial charge in [0.05, 0.1) is 19.9 Å². The Hall–Kier alpha value is -2.49. The summed E-state index contributed by atoms with van der Waals surface area (Å²) < 4.78 is 6.50. The zero-order valence-electron chi connectivity index (χ0n) is 17.0. The minimum absolute atomic E-state index is 0.432. The van der Waals surface area contributed by atoms with Crippen molar-refractivity contribution in [1.82, 2.24) is 5.43 Å². The van der Waals surface area contributed by atoms with Gasteiger partial charge in [-0.15, -0.1) is 0 Å². The van der Waals surface area contributed by atoms with Gasteiger partial charge in [-0.1, -0.05) is 41.2 Å². The summed E-state index contributed by atoms with van der Waals surface area (Å²) in [5.74, 6) is 0.793. The van der Waals surface area contributed by atoms with Crippen molar-refractivity contribution in [2.24, 2.45) is 10.1 Å². The molecule has 0 radical (unpaired) electrons. The first-order chi connectivity index (χ1) is 15.0. The van der Waals surface area contributed by atoms with Gasteiger partial charge >= 0.3 is 11.8 Å². The fourth-order valence-corrected chi connectivity index (χ4v) is 4.78. The second-order valence-corrected chi connectivity index (χ2v) is 9.19. The van der Waals surface area contributed by atoms with Crippen LogP contribution in [-0.4, -0.2) is 41.8 Å². The Kier molecular flexibility index (Phi) is 8.39. The van der Waals surface area contributed by atoms with E-state index in [0.717, 1.165) is 39.1 Å². The minimum atomic E-state index is -0.881. The monoisotopic (exact) mass is 476 g/mol. The SMILES string of the molecule is COc1ccc(/C=N/NC(=O)C(=O)Nc2ccc(C)c(Cl)c2)cc1CSC1=NCCS1. The molecule has 0 unspecified atom stereocenters. The van der Waals surface area contributed by atoms with E-state index < -0.39 is 11.8 Å². The Morgan fingerprint density at radius 2 is 2.13 bits per heavy atom. The zero-order chi connectivity index (χ0) is 22.2. The smallest absolute Gasteiger partial charge is 0.329 e. The van der Waals surface area contributed by atoms with Crippen LogP contribution in [0, 0.1) is 6.92 Å². The summed E-state index contributed by atoms with van der Waals surface area (Å²) in [6.07, 6.45) is 1.48. The van der Waals surface area contributed by atoms with Gasteiger partial charge in [0.2, 0.25) is 0 Å². The van der Waals surface area contributed by atoms with E-state index in [1.165, 1.54) is 6.21 Å². The van der Waals surface area contributed by atoms with Gasteiger partial charge in [0.25, 0.3) is 0 Å². The number of hydrogen-bond acceptors (Lipinski definition) is 7. The molecule has 0 saturated carbocycles. The average Bonchev–Trinajstić information content (AvgIpc) is 3.28. The number of ether oxygens (including phenoxy) is 1. The lowest BCUT2D eigenvalue weighted by atomic mass is 10.1. The van der Waals surface area contributed by atoms with Gasteiger partial charge in [0.15, 0.2) is 0 Å². The number of hydrogen-bond donors (Lipinski definition) is 2. The predicted molar refractivity (Wildman–Crippen MR) is 130 cm³/mol. The van der Waals surface area contributed by atoms with Crippen molar-refractivity contribution < 1.29 is 14.3 Å². The number of aliphatic imine (C=N–C) groups is 1. The fourth-order valence-electron chi connectivity index (χ4n) is 2.61. The molecule has 0 aliphatic carbocycles. The minimum Gasteiger partial charge on any atom is -0.496 e. The highest BCUT2D eigenvalue weighted by atomic mass is 35.5. The first-order valence-electron chi connectivity index (χ1n) is 9.34. The molecule has 0 spiro atoms. The van der Waals surface area contributed by atoms with Crippen LogP contribution in [0.3, 0.4) is 0 Å². The molecule has 31 heavy (non-hydrogen) atoms. The number of hydrazone groups is 1. The maximum Gasteiger partial charge on any atom is 0.329 e. The molecule has 2 amide bonds. The van der Waals surface area contributed by atoms with Crippen molar-refractivity contribution >= 4 is 63.2 Å². The molecule has 0 aromatic heterocycles. The number of thioether (sulfide) groups is 2. The van der Waals surface area contributed by atoms with Crippen molar-refractivity contribution in [2.75, 3.05) is 24.7 Å². The number of anilines is 1. The van der Waals surface area contributed by atoms with Gasteiger partial charge in [-0.2, -0.15) is 5.10 Å². The number of methoxy groups -OCH3 is 1. The van der Waals surface area contributed by atoms with Crippen LogP contribution in [0.5, 0.6) is 5.75 Å². The molecular formula is C21H21ClN4O3S2. The second kappa shape index (κ2) is 11.2. The maximum absolute atomic E-state index is 12.0. The average molecular weight is 477 g/mol. The van der Waals surface area contributed by atoms with Crippen LogP contribution >= 0.6 is 35.1 Å². The molecular weight excluding hydrogens is 456 g/mol. The highest BCUT2D eigenvalue weighted by molar-refractivity contribution is 8.38. The highest BCUT2D eigenvalue weighted by Crippen LogP contribution is 2.29. The van der Waals surface area contributed by atoms with E-state index in [-0.39, 0.29) is 0 Å². The summed E-state index contributed by atoms with van der Waals surface area (Å²) in [4.78, 5) is 28.5. The van der Waals surface area contributed by atoms with Gasteiger partial charge < -0.3 is 10.1 Å². The number of benzene rings is 2. The first kappa shape index (κ1) is 23.2. The number of amides is 2. The van der Waals surface area contributed by atoms with Gasteiger partial charge in [-0.25, -0.2) is 5.43 Å². The Morgan fingerprint density at radius 3 is 2.84 bits per heavy atom. The molecule has 1 aliphatic heterocycles. The van der Waals surface area contributed by atoms with Crippen LogP contribution in [0.15, 0.2) is 46.5 Å². The van der Waals surface area contributed by atoms with Crippen LogP contribution in [0.2, 0.25) is 5.02 Å². The number of aryl methyl sites for hydroxylation is 1. The number of rotatable bonds is 6. The predicted octanol–water partition coefficient (Wildman–Crippen LogP) is 4.08. The van der Waals surface area contributed by atoms with Gasteiger partial charge in [-0.05, 0) is 48.4 Å². The van der Waals surface area contributed by atoms with E-state index in [1.807, 2.05) is 25.1 Å². The molecule has 10 heteroatoms. The summed E-state index contributed by atoms with van der Waals surface area (Å²) in [5.41, 5.74) is 5.30. The molecule has 0 saturated heterocycles. The Bertz CT molecular complexity index is 1040. The summed E-state index contributed by atoms with van der Waals surface area (Å²) in [6, 6.07) is 10.6. The molecule has 0 atom stereocenters. The van der Waals surface area contributed by atoms with E-state index in [2.05, 4.69) is 20.8 Å². The van der Waals surface area contributed by atoms with E-state index >= 15 is 0 Å². The quantitative estimate of drug-likeness (QED) is 0.372. The van der Waals surface area contributed by atoms with Crippen molar-refractivity contribution in [3.05, 3.63) is 58.1 Å². The molecule has 162 valence electrons. The van der Waals surface area contributed by atoms with E-state index in [1.54, 1.807) is 48.8 Å². The molecule has 1 aliphatic rings. The molecule has 2 aromatic carbocycles. The number of carbonyl (C=O) groups excluding carboxylic acids is 2. The summed E-state index contributed by atoms with van der Waals surface area (Å²) in [5, 5.41) is 6.87. The third-order valence-corrected chi connectivity index (χ3v) is 6.94. The lowest BCUT2D eigenvalue weighted by molar-refractivity contribution is -0.136. The van der Waals surface area contributed by atoms with Crippen molar-refractivity contribution in [3.8, 4) is 5.75 Å². The Morgan fingerprint density at radius 1 is 1.29 bits per heavy atom. The first-order valence-corrected chi connectivity index (χ1v) is 11.7. The largest absolute Gasteiger partial charge is 0.496 e. The van der Waals surface area contributed by atoms with Gasteiger partial charge in [-0.3, -0.25) is 14.6 Å². The summed E-state index contributed by atoms with van der Waals surface area (Å²) in [6.45, 7) is 2.71. The second-order valence-electron chi connectivity index (χ2n) is 6.47. The van der Waals surface area contributed by atoms with E-state index in [4.69, 9.17) is 16.3 Å². The fraction of sp³-hybridized carbons (Fsp3) is 0.238. The van der Waals surface area contributed by atoms with Crippen molar-refractivity contribution in [3.63, 3.8) is 0 Å². The van der Waals surface area contributed by atoms with Gasteiger partial charge in [0.1, 0.15) is 10.1 Å². The molecule has 0 bridgehead atoms. The van der Waals surface area contributed by atoms with Crippen LogP contribution < -0.4 is 15.5 Å². The molecule has 0 fully saturated rings. The van der Waals surface area contributed by atoms with Crippen molar-refractivity contribution in [1.29, 1.82) is 0 Å². The van der Waals surface area contributed by atoms with Crippen molar-refractivity contribution in [2.45, 2.75) is 12.7 Å². The van der Waals surface area contributed by atoms with Crippen LogP contribution in [-0.2, 0) is 15.3 Å². The number of carbonyl (C=O) groups is 2. The zero-order valence-corrected chi connectivity index (χ0v) is 19.4. The van der Waals surface area contributed by atoms with Crippen LogP contribution in [0.1, 0.15) is 16.7 Å². The number of nitrogens with zero attached hydrogens (tertiary/aromatic N) is 2. The Labute approximate surface area is 194 Å². The topological polar surface area (TPSA) is 92.1 Å². The normalized spacial score (nSPS) is 13.2. The molecule has 7 nitrogen and oxygen atoms in total. The third kappa shape index (κ3) is 6.75. The highest BCUT2D eigenvalue weighted by Gasteiger charge is 2.14. The Balaban J connectivity index is 1.57. The standard InChI is InChI=1S/C21H21ClN4O3S2/c1-13-3-5-16(10-17(13)22)25-19(27)20(28)26-24-11-14-4-6-18(29-2)15(9-14)12-31-21-23-7-8-30-21/h3-6,9-11H,7-8,12H2,1-2H3,(H,25,27)(H,26,28)/b24-11+. The molecule has 1 heterocycles. The molecule has 2 aromatic rings. The van der Waals surface area contributed by atoms with Crippen LogP contribution in [0.4, 0.5) is 5.69 Å². The third-order valence-electron chi connectivity index (χ3n) is 4.23. The number of halogens is 1. The summed E-state index contributed by atoms with van der Waals surface area (Å²) >= 11 is 9.45. The van der Waals surface area contributed by atoms with E-state index in [9.17, 15) is 9.59 Å². The number of nitrogens with one attached hydrogen (secondary N) is 2.